The first-order valence-electron chi connectivity index (χ1n) is 11.0. The normalized spacial score (nSPS) is 14.1. The van der Waals surface area contributed by atoms with Gasteiger partial charge in [-0.1, -0.05) is 71.9 Å². The van der Waals surface area contributed by atoms with Crippen molar-refractivity contribution in [3.63, 3.8) is 0 Å². The Morgan fingerprint density at radius 2 is 1.66 bits per heavy atom. The summed E-state index contributed by atoms with van der Waals surface area (Å²) in [6, 6.07) is 14.9. The summed E-state index contributed by atoms with van der Waals surface area (Å²) in [6.45, 7) is 17.0. The first kappa shape index (κ1) is 23.3. The van der Waals surface area contributed by atoms with Crippen LogP contribution in [0.5, 0.6) is 0 Å². The summed E-state index contributed by atoms with van der Waals surface area (Å²) >= 11 is 0. The maximum absolute atomic E-state index is 13.3. The number of rotatable bonds is 9. The van der Waals surface area contributed by atoms with Crippen molar-refractivity contribution in [1.29, 1.82) is 0 Å². The Hall–Kier alpha value is -2.03. The minimum absolute atomic E-state index is 0.212. The summed E-state index contributed by atoms with van der Waals surface area (Å²) in [7, 11) is 0. The molecule has 2 aromatic rings. The van der Waals surface area contributed by atoms with E-state index in [1.54, 1.807) is 0 Å². The molecule has 1 heterocycles. The fraction of sp³-hybridized carbons (Fsp3) is 0.577. The van der Waals surface area contributed by atoms with Gasteiger partial charge in [-0.25, -0.2) is 0 Å². The van der Waals surface area contributed by atoms with Gasteiger partial charge in [0.05, 0.1) is 6.54 Å². The molecule has 0 fully saturated rings. The van der Waals surface area contributed by atoms with Crippen LogP contribution in [0.4, 0.5) is 0 Å². The molecule has 160 valence electrons. The quantitative estimate of drug-likeness (QED) is 0.483. The third kappa shape index (κ3) is 7.38. The third-order valence-corrected chi connectivity index (χ3v) is 5.71. The van der Waals surface area contributed by atoms with E-state index in [0.717, 1.165) is 13.0 Å². The van der Waals surface area contributed by atoms with E-state index < -0.39 is 0 Å². The molecule has 0 spiro atoms. The monoisotopic (exact) mass is 396 g/mol. The Bertz CT molecular complexity index is 755. The molecule has 0 unspecified atom stereocenters. The van der Waals surface area contributed by atoms with Crippen LogP contribution < -0.4 is 0 Å². The zero-order chi connectivity index (χ0) is 21.6. The average Bonchev–Trinajstić information content (AvgIpc) is 3.04. The zero-order valence-corrected chi connectivity index (χ0v) is 19.5. The highest BCUT2D eigenvalue weighted by Crippen LogP contribution is 2.27. The molecular formula is C26H40N2O. The van der Waals surface area contributed by atoms with Gasteiger partial charge in [-0.15, -0.1) is 0 Å². The van der Waals surface area contributed by atoms with Gasteiger partial charge in [0.15, 0.2) is 0 Å². The standard InChI is InChI=1S/C26H40N2O/c1-20(2)22(4)28(25(29)16-21(3)17-26(5,6)7)19-24-14-11-15-27(24)18-23-12-9-8-10-13-23/h8-15,20-22H,16-19H2,1-7H3/t21-,22-/m1/s1. The summed E-state index contributed by atoms with van der Waals surface area (Å²) in [5, 5.41) is 0. The molecule has 0 aliphatic heterocycles. The summed E-state index contributed by atoms with van der Waals surface area (Å²) in [5.74, 6) is 1.09. The molecule has 0 N–H and O–H groups in total. The number of amides is 1. The van der Waals surface area contributed by atoms with Crippen LogP contribution in [0, 0.1) is 17.3 Å². The molecule has 1 aromatic heterocycles. The predicted octanol–water partition coefficient (Wildman–Crippen LogP) is 6.37. The lowest BCUT2D eigenvalue weighted by molar-refractivity contribution is -0.136. The summed E-state index contributed by atoms with van der Waals surface area (Å²) in [6.07, 6.45) is 3.80. The second-order valence-corrected chi connectivity index (χ2v) is 10.2. The Kier molecular flexibility index (Phi) is 8.13. The van der Waals surface area contributed by atoms with Gasteiger partial charge in [0.2, 0.25) is 5.91 Å². The molecule has 3 heteroatoms. The van der Waals surface area contributed by atoms with E-state index >= 15 is 0 Å². The van der Waals surface area contributed by atoms with Crippen molar-refractivity contribution in [2.45, 2.75) is 80.4 Å². The summed E-state index contributed by atoms with van der Waals surface area (Å²) in [5.41, 5.74) is 2.72. The zero-order valence-electron chi connectivity index (χ0n) is 19.5. The van der Waals surface area contributed by atoms with Crippen molar-refractivity contribution in [1.82, 2.24) is 9.47 Å². The molecule has 2 rings (SSSR count). The molecule has 2 atom stereocenters. The van der Waals surface area contributed by atoms with E-state index in [4.69, 9.17) is 0 Å². The van der Waals surface area contributed by atoms with Gasteiger partial charge in [0, 0.05) is 30.9 Å². The van der Waals surface area contributed by atoms with E-state index in [1.807, 2.05) is 6.07 Å². The Morgan fingerprint density at radius 1 is 1.00 bits per heavy atom. The summed E-state index contributed by atoms with van der Waals surface area (Å²) in [4.78, 5) is 15.4. The molecule has 0 radical (unpaired) electrons. The molecule has 1 aromatic carbocycles. The SMILES string of the molecule is CC(C)[C@@H](C)N(Cc1cccn1Cc1ccccc1)C(=O)C[C@@H](C)CC(C)(C)C. The van der Waals surface area contributed by atoms with Crippen LogP contribution in [0.15, 0.2) is 48.7 Å². The number of hydrogen-bond acceptors (Lipinski definition) is 1. The minimum atomic E-state index is 0.212. The van der Waals surface area contributed by atoms with E-state index in [1.165, 1.54) is 11.3 Å². The van der Waals surface area contributed by atoms with Gasteiger partial charge in [-0.2, -0.15) is 0 Å². The van der Waals surface area contributed by atoms with Crippen LogP contribution in [0.2, 0.25) is 0 Å². The van der Waals surface area contributed by atoms with Crippen molar-refractivity contribution < 1.29 is 4.79 Å². The Balaban J connectivity index is 2.15. The second-order valence-electron chi connectivity index (χ2n) is 10.2. The average molecular weight is 397 g/mol. The smallest absolute Gasteiger partial charge is 0.223 e. The highest BCUT2D eigenvalue weighted by molar-refractivity contribution is 5.76. The van der Waals surface area contributed by atoms with Crippen LogP contribution in [-0.4, -0.2) is 21.4 Å². The molecule has 0 aliphatic carbocycles. The number of carbonyl (C=O) groups is 1. The first-order valence-corrected chi connectivity index (χ1v) is 11.0. The lowest BCUT2D eigenvalue weighted by Crippen LogP contribution is -2.42. The third-order valence-electron chi connectivity index (χ3n) is 5.71. The number of aromatic nitrogens is 1. The maximum Gasteiger partial charge on any atom is 0.223 e. The van der Waals surface area contributed by atoms with Crippen molar-refractivity contribution in [2.24, 2.45) is 17.3 Å². The molecule has 0 saturated carbocycles. The molecule has 29 heavy (non-hydrogen) atoms. The highest BCUT2D eigenvalue weighted by atomic mass is 16.2. The van der Waals surface area contributed by atoms with Crippen molar-refractivity contribution in [2.75, 3.05) is 0 Å². The first-order chi connectivity index (χ1) is 13.6. The van der Waals surface area contributed by atoms with Crippen molar-refractivity contribution >= 4 is 5.91 Å². The topological polar surface area (TPSA) is 25.2 Å². The second kappa shape index (κ2) is 10.1. The van der Waals surface area contributed by atoms with Crippen LogP contribution >= 0.6 is 0 Å². The van der Waals surface area contributed by atoms with Gasteiger partial charge in [-0.05, 0) is 48.3 Å². The largest absolute Gasteiger partial charge is 0.345 e. The highest BCUT2D eigenvalue weighted by Gasteiger charge is 2.26. The van der Waals surface area contributed by atoms with Gasteiger partial charge in [0.25, 0.3) is 0 Å². The number of carbonyl (C=O) groups excluding carboxylic acids is 1. The maximum atomic E-state index is 13.3. The summed E-state index contributed by atoms with van der Waals surface area (Å²) < 4.78 is 2.27. The lowest BCUT2D eigenvalue weighted by Gasteiger charge is -2.34. The number of benzene rings is 1. The van der Waals surface area contributed by atoms with Gasteiger partial charge in [-0.3, -0.25) is 4.79 Å². The molecule has 0 bridgehead atoms. The molecular weight excluding hydrogens is 356 g/mol. The van der Waals surface area contributed by atoms with Gasteiger partial charge >= 0.3 is 0 Å². The number of hydrogen-bond donors (Lipinski definition) is 0. The van der Waals surface area contributed by atoms with Crippen LogP contribution in [-0.2, 0) is 17.9 Å². The fourth-order valence-corrected chi connectivity index (χ4v) is 4.05. The van der Waals surface area contributed by atoms with Gasteiger partial charge < -0.3 is 9.47 Å². The van der Waals surface area contributed by atoms with Crippen LogP contribution in [0.25, 0.3) is 0 Å². The predicted molar refractivity (Wildman–Crippen MR) is 123 cm³/mol. The molecule has 1 amide bonds. The van der Waals surface area contributed by atoms with Crippen molar-refractivity contribution in [3.8, 4) is 0 Å². The Morgan fingerprint density at radius 3 is 2.24 bits per heavy atom. The van der Waals surface area contributed by atoms with E-state index in [0.29, 0.717) is 24.8 Å². The fourth-order valence-electron chi connectivity index (χ4n) is 4.05. The van der Waals surface area contributed by atoms with E-state index in [9.17, 15) is 4.79 Å². The Labute approximate surface area is 178 Å². The molecule has 3 nitrogen and oxygen atoms in total. The van der Waals surface area contributed by atoms with E-state index in [-0.39, 0.29) is 17.4 Å². The molecule has 0 aliphatic rings. The van der Waals surface area contributed by atoms with Crippen molar-refractivity contribution in [3.05, 3.63) is 59.9 Å². The molecule has 0 saturated heterocycles. The van der Waals surface area contributed by atoms with E-state index in [2.05, 4.69) is 101 Å². The minimum Gasteiger partial charge on any atom is -0.345 e. The number of nitrogens with zero attached hydrogens (tertiary/aromatic N) is 2. The van der Waals surface area contributed by atoms with Gasteiger partial charge in [0.1, 0.15) is 0 Å². The van der Waals surface area contributed by atoms with Crippen LogP contribution in [0.3, 0.4) is 0 Å². The van der Waals surface area contributed by atoms with Crippen LogP contribution in [0.1, 0.15) is 72.6 Å². The lowest BCUT2D eigenvalue weighted by atomic mass is 9.84.